The van der Waals surface area contributed by atoms with Gasteiger partial charge < -0.3 is 15.0 Å². The number of hydrogen-bond acceptors (Lipinski definition) is 3. The summed E-state index contributed by atoms with van der Waals surface area (Å²) < 4.78 is 5.96. The number of ether oxygens (including phenoxy) is 1. The lowest BCUT2D eigenvalue weighted by Crippen LogP contribution is -2.47. The van der Waals surface area contributed by atoms with Gasteiger partial charge in [-0.1, -0.05) is 30.1 Å². The van der Waals surface area contributed by atoms with E-state index in [-0.39, 0.29) is 30.3 Å². The minimum absolute atomic E-state index is 0. The fraction of sp³-hybridized carbons (Fsp3) is 0.562. The lowest BCUT2D eigenvalue weighted by Gasteiger charge is -2.34. The van der Waals surface area contributed by atoms with Crippen molar-refractivity contribution < 1.29 is 9.53 Å². The van der Waals surface area contributed by atoms with Crippen LogP contribution in [-0.4, -0.2) is 43.6 Å². The maximum atomic E-state index is 12.4. The highest BCUT2D eigenvalue weighted by atomic mass is 35.5. The molecule has 130 valence electrons. The second kappa shape index (κ2) is 9.58. The Balaban J connectivity index is 0.00000264. The van der Waals surface area contributed by atoms with Crippen molar-refractivity contribution in [3.8, 4) is 5.75 Å². The quantitative estimate of drug-likeness (QED) is 0.846. The Bertz CT molecular complexity index is 528. The van der Waals surface area contributed by atoms with Gasteiger partial charge in [-0.05, 0) is 32.0 Å². The number of rotatable bonds is 5. The van der Waals surface area contributed by atoms with Gasteiger partial charge in [-0.3, -0.25) is 4.79 Å². The number of nitrogens with zero attached hydrogens (tertiary/aromatic N) is 1. The molecule has 2 atom stereocenters. The van der Waals surface area contributed by atoms with Crippen molar-refractivity contribution in [1.82, 2.24) is 10.2 Å². The van der Waals surface area contributed by atoms with E-state index in [2.05, 4.69) is 5.32 Å². The SMILES string of the molecule is CNCC(C)C(=O)N1CCCC(Oc2ccc(Cl)c(Cl)c2)C1.Cl. The second-order valence-corrected chi connectivity index (χ2v) is 6.52. The van der Waals surface area contributed by atoms with Crippen LogP contribution in [0.3, 0.4) is 0 Å². The first-order valence-electron chi connectivity index (χ1n) is 7.56. The van der Waals surface area contributed by atoms with E-state index in [0.717, 1.165) is 19.4 Å². The minimum atomic E-state index is -0.0197. The Hall–Kier alpha value is -0.680. The van der Waals surface area contributed by atoms with Crippen LogP contribution >= 0.6 is 35.6 Å². The third-order valence-corrected chi connectivity index (χ3v) is 4.55. The van der Waals surface area contributed by atoms with Gasteiger partial charge in [0.2, 0.25) is 5.91 Å². The summed E-state index contributed by atoms with van der Waals surface area (Å²) in [6.45, 7) is 4.05. The average Bonchev–Trinajstić information content (AvgIpc) is 2.51. The molecule has 0 aromatic heterocycles. The number of halogens is 3. The molecule has 1 aromatic carbocycles. The van der Waals surface area contributed by atoms with E-state index in [1.165, 1.54) is 0 Å². The van der Waals surface area contributed by atoms with Crippen LogP contribution < -0.4 is 10.1 Å². The van der Waals surface area contributed by atoms with Crippen molar-refractivity contribution in [3.05, 3.63) is 28.2 Å². The van der Waals surface area contributed by atoms with Gasteiger partial charge in [0, 0.05) is 25.1 Å². The highest BCUT2D eigenvalue weighted by Gasteiger charge is 2.27. The summed E-state index contributed by atoms with van der Waals surface area (Å²) in [7, 11) is 1.86. The summed E-state index contributed by atoms with van der Waals surface area (Å²) in [5.41, 5.74) is 0. The normalized spacial score (nSPS) is 19.0. The standard InChI is InChI=1S/C16H22Cl2N2O2.ClH/c1-11(9-19-2)16(21)20-7-3-4-13(10-20)22-12-5-6-14(17)15(18)8-12;/h5-6,8,11,13,19H,3-4,7,9-10H2,1-2H3;1H. The molecule has 0 spiro atoms. The van der Waals surface area contributed by atoms with Gasteiger partial charge in [-0.15, -0.1) is 12.4 Å². The maximum absolute atomic E-state index is 12.4. The maximum Gasteiger partial charge on any atom is 0.226 e. The molecule has 1 N–H and O–H groups in total. The van der Waals surface area contributed by atoms with Gasteiger partial charge in [-0.25, -0.2) is 0 Å². The molecule has 0 bridgehead atoms. The van der Waals surface area contributed by atoms with Crippen molar-refractivity contribution in [2.24, 2.45) is 5.92 Å². The van der Waals surface area contributed by atoms with Gasteiger partial charge in [-0.2, -0.15) is 0 Å². The molecule has 4 nitrogen and oxygen atoms in total. The summed E-state index contributed by atoms with van der Waals surface area (Å²) in [6, 6.07) is 5.24. The highest BCUT2D eigenvalue weighted by molar-refractivity contribution is 6.42. The van der Waals surface area contributed by atoms with E-state index in [0.29, 0.717) is 28.9 Å². The molecule has 1 saturated heterocycles. The average molecular weight is 382 g/mol. The second-order valence-electron chi connectivity index (χ2n) is 5.70. The summed E-state index contributed by atoms with van der Waals surface area (Å²) in [5, 5.41) is 4.03. The molecule has 2 unspecified atom stereocenters. The Kier molecular flexibility index (Phi) is 8.48. The number of nitrogens with one attached hydrogen (secondary N) is 1. The van der Waals surface area contributed by atoms with Crippen LogP contribution in [-0.2, 0) is 4.79 Å². The van der Waals surface area contributed by atoms with Gasteiger partial charge >= 0.3 is 0 Å². The number of likely N-dealkylation sites (tertiary alicyclic amines) is 1. The fourth-order valence-corrected chi connectivity index (χ4v) is 2.97. The van der Waals surface area contributed by atoms with Gasteiger partial charge in [0.05, 0.1) is 16.6 Å². The zero-order valence-corrected chi connectivity index (χ0v) is 15.7. The van der Waals surface area contributed by atoms with Crippen molar-refractivity contribution in [2.45, 2.75) is 25.9 Å². The molecule has 1 fully saturated rings. The van der Waals surface area contributed by atoms with E-state index in [1.54, 1.807) is 18.2 Å². The molecule has 1 amide bonds. The number of piperidine rings is 1. The van der Waals surface area contributed by atoms with E-state index in [4.69, 9.17) is 27.9 Å². The molecule has 7 heteroatoms. The monoisotopic (exact) mass is 380 g/mol. The molecular weight excluding hydrogens is 359 g/mol. The first kappa shape index (κ1) is 20.4. The Labute approximate surface area is 153 Å². The first-order valence-corrected chi connectivity index (χ1v) is 8.32. The smallest absolute Gasteiger partial charge is 0.226 e. The summed E-state index contributed by atoms with van der Waals surface area (Å²) in [5.74, 6) is 0.850. The van der Waals surface area contributed by atoms with Crippen LogP contribution in [0, 0.1) is 5.92 Å². The van der Waals surface area contributed by atoms with Crippen LogP contribution in [0.1, 0.15) is 19.8 Å². The lowest BCUT2D eigenvalue weighted by atomic mass is 10.0. The van der Waals surface area contributed by atoms with Gasteiger partial charge in [0.1, 0.15) is 11.9 Å². The number of carbonyl (C=O) groups is 1. The van der Waals surface area contributed by atoms with E-state index in [9.17, 15) is 4.79 Å². The molecule has 1 aliphatic heterocycles. The van der Waals surface area contributed by atoms with Crippen molar-refractivity contribution in [2.75, 3.05) is 26.7 Å². The van der Waals surface area contributed by atoms with E-state index >= 15 is 0 Å². The zero-order valence-electron chi connectivity index (χ0n) is 13.4. The van der Waals surface area contributed by atoms with Crippen LogP contribution in [0.4, 0.5) is 0 Å². The third kappa shape index (κ3) is 5.71. The van der Waals surface area contributed by atoms with Crippen LogP contribution in [0.25, 0.3) is 0 Å². The molecule has 1 heterocycles. The van der Waals surface area contributed by atoms with Crippen molar-refractivity contribution in [3.63, 3.8) is 0 Å². The number of carbonyl (C=O) groups excluding carboxylic acids is 1. The summed E-state index contributed by atoms with van der Waals surface area (Å²) in [4.78, 5) is 14.3. The van der Waals surface area contributed by atoms with E-state index in [1.807, 2.05) is 18.9 Å². The van der Waals surface area contributed by atoms with E-state index < -0.39 is 0 Å². The molecule has 0 radical (unpaired) electrons. The molecule has 0 aliphatic carbocycles. The number of benzene rings is 1. The number of hydrogen-bond donors (Lipinski definition) is 1. The zero-order chi connectivity index (χ0) is 16.1. The Morgan fingerprint density at radius 2 is 2.17 bits per heavy atom. The molecule has 23 heavy (non-hydrogen) atoms. The molecule has 1 aromatic rings. The lowest BCUT2D eigenvalue weighted by molar-refractivity contribution is -0.137. The Morgan fingerprint density at radius 3 is 2.83 bits per heavy atom. The van der Waals surface area contributed by atoms with Crippen LogP contribution in [0.2, 0.25) is 10.0 Å². The van der Waals surface area contributed by atoms with Crippen LogP contribution in [0.5, 0.6) is 5.75 Å². The predicted octanol–water partition coefficient (Wildman–Crippen LogP) is 3.64. The van der Waals surface area contributed by atoms with Gasteiger partial charge in [0.15, 0.2) is 0 Å². The Morgan fingerprint density at radius 1 is 1.43 bits per heavy atom. The van der Waals surface area contributed by atoms with Gasteiger partial charge in [0.25, 0.3) is 0 Å². The molecule has 0 saturated carbocycles. The summed E-state index contributed by atoms with van der Waals surface area (Å²) >= 11 is 11.9. The topological polar surface area (TPSA) is 41.6 Å². The summed E-state index contributed by atoms with van der Waals surface area (Å²) in [6.07, 6.45) is 1.88. The third-order valence-electron chi connectivity index (χ3n) is 3.82. The first-order chi connectivity index (χ1) is 10.5. The molecule has 2 rings (SSSR count). The number of amides is 1. The largest absolute Gasteiger partial charge is 0.489 e. The highest BCUT2D eigenvalue weighted by Crippen LogP contribution is 2.28. The van der Waals surface area contributed by atoms with Crippen molar-refractivity contribution in [1.29, 1.82) is 0 Å². The molecular formula is C16H23Cl3N2O2. The fourth-order valence-electron chi connectivity index (χ4n) is 2.68. The predicted molar refractivity (Wildman–Crippen MR) is 97.0 cm³/mol. The van der Waals surface area contributed by atoms with Crippen LogP contribution in [0.15, 0.2) is 18.2 Å². The minimum Gasteiger partial charge on any atom is -0.489 e. The molecule has 1 aliphatic rings. The van der Waals surface area contributed by atoms with Crippen molar-refractivity contribution >= 4 is 41.5 Å².